The van der Waals surface area contributed by atoms with Crippen molar-refractivity contribution < 1.29 is 13.3 Å². The summed E-state index contributed by atoms with van der Waals surface area (Å²) in [4.78, 5) is 2.33. The van der Waals surface area contributed by atoms with Crippen molar-refractivity contribution in [3.8, 4) is 33.4 Å². The highest BCUT2D eigenvalue weighted by molar-refractivity contribution is 6.16. The number of anilines is 3. The number of rotatable bonds is 6. The van der Waals surface area contributed by atoms with E-state index < -0.39 is 0 Å². The van der Waals surface area contributed by atoms with Crippen molar-refractivity contribution in [2.45, 2.75) is 0 Å². The maximum absolute atomic E-state index is 6.48. The molecular formula is C58H35NO3. The molecule has 0 N–H and O–H groups in total. The van der Waals surface area contributed by atoms with Gasteiger partial charge in [0.1, 0.15) is 33.5 Å². The van der Waals surface area contributed by atoms with Crippen molar-refractivity contribution in [3.63, 3.8) is 0 Å². The molecule has 4 nitrogen and oxygen atoms in total. The molecule has 0 aliphatic rings. The molecule has 0 aliphatic heterocycles. The van der Waals surface area contributed by atoms with Gasteiger partial charge in [-0.3, -0.25) is 0 Å². The monoisotopic (exact) mass is 793 g/mol. The van der Waals surface area contributed by atoms with E-state index in [2.05, 4.69) is 193 Å². The molecule has 4 heteroatoms. The third-order valence-electron chi connectivity index (χ3n) is 12.5. The number of para-hydroxylation sites is 4. The zero-order chi connectivity index (χ0) is 40.7. The van der Waals surface area contributed by atoms with E-state index in [1.807, 2.05) is 24.3 Å². The summed E-state index contributed by atoms with van der Waals surface area (Å²) in [5.41, 5.74) is 15.1. The molecule has 0 saturated carbocycles. The van der Waals surface area contributed by atoms with Crippen LogP contribution in [-0.2, 0) is 0 Å². The highest BCUT2D eigenvalue weighted by atomic mass is 16.3. The minimum Gasteiger partial charge on any atom is -0.455 e. The molecule has 290 valence electrons. The molecule has 0 bridgehead atoms. The Bertz CT molecular complexity index is 3710. The molecule has 10 aromatic carbocycles. The van der Waals surface area contributed by atoms with Gasteiger partial charge in [-0.05, 0) is 94.4 Å². The van der Waals surface area contributed by atoms with E-state index in [0.29, 0.717) is 0 Å². The Balaban J connectivity index is 0.928. The Morgan fingerprint density at radius 3 is 1.39 bits per heavy atom. The average Bonchev–Trinajstić information content (AvgIpc) is 4.04. The lowest BCUT2D eigenvalue weighted by atomic mass is 9.99. The Hall–Kier alpha value is -8.34. The molecule has 0 atom stereocenters. The number of hydrogen-bond acceptors (Lipinski definition) is 4. The molecule has 0 fully saturated rings. The summed E-state index contributed by atoms with van der Waals surface area (Å²) in [7, 11) is 0. The first-order valence-electron chi connectivity index (χ1n) is 21.0. The van der Waals surface area contributed by atoms with Gasteiger partial charge in [-0.2, -0.15) is 0 Å². The zero-order valence-corrected chi connectivity index (χ0v) is 33.4. The van der Waals surface area contributed by atoms with Crippen molar-refractivity contribution in [2.24, 2.45) is 0 Å². The van der Waals surface area contributed by atoms with E-state index in [1.165, 1.54) is 5.39 Å². The van der Waals surface area contributed by atoms with Gasteiger partial charge < -0.3 is 18.2 Å². The lowest BCUT2D eigenvalue weighted by Crippen LogP contribution is -2.10. The fourth-order valence-electron chi connectivity index (χ4n) is 9.48. The van der Waals surface area contributed by atoms with Gasteiger partial charge in [0.15, 0.2) is 0 Å². The van der Waals surface area contributed by atoms with Crippen LogP contribution in [0, 0.1) is 0 Å². The predicted octanol–water partition coefficient (Wildman–Crippen LogP) is 17.0. The highest BCUT2D eigenvalue weighted by Crippen LogP contribution is 2.43. The first kappa shape index (κ1) is 34.5. The topological polar surface area (TPSA) is 42.7 Å². The average molecular weight is 794 g/mol. The van der Waals surface area contributed by atoms with Gasteiger partial charge in [0.2, 0.25) is 0 Å². The number of hydrogen-bond donors (Lipinski definition) is 0. The minimum atomic E-state index is 0.884. The molecule has 0 amide bonds. The molecule has 62 heavy (non-hydrogen) atoms. The summed E-state index contributed by atoms with van der Waals surface area (Å²) in [6.45, 7) is 0. The zero-order valence-electron chi connectivity index (χ0n) is 33.4. The summed E-state index contributed by atoms with van der Waals surface area (Å²) >= 11 is 0. The maximum atomic E-state index is 6.48. The fourth-order valence-corrected chi connectivity index (χ4v) is 9.48. The Morgan fingerprint density at radius 2 is 0.742 bits per heavy atom. The first-order valence-corrected chi connectivity index (χ1v) is 21.0. The normalized spacial score (nSPS) is 11.9. The Kier molecular flexibility index (Phi) is 7.57. The fraction of sp³-hybridized carbons (Fsp3) is 0. The van der Waals surface area contributed by atoms with Gasteiger partial charge in [-0.25, -0.2) is 0 Å². The van der Waals surface area contributed by atoms with E-state index in [0.717, 1.165) is 122 Å². The summed E-state index contributed by atoms with van der Waals surface area (Å²) in [5.74, 6) is 0. The minimum absolute atomic E-state index is 0.884. The van der Waals surface area contributed by atoms with Gasteiger partial charge in [0.25, 0.3) is 0 Å². The molecule has 3 aromatic heterocycles. The number of nitrogens with zero attached hydrogens (tertiary/aromatic N) is 1. The van der Waals surface area contributed by atoms with Gasteiger partial charge >= 0.3 is 0 Å². The van der Waals surface area contributed by atoms with Crippen LogP contribution in [0.4, 0.5) is 17.1 Å². The van der Waals surface area contributed by atoms with Crippen molar-refractivity contribution in [1.82, 2.24) is 0 Å². The first-order chi connectivity index (χ1) is 30.7. The summed E-state index contributed by atoms with van der Waals surface area (Å²) in [6.07, 6.45) is 0. The number of furan rings is 3. The molecule has 0 saturated heterocycles. The van der Waals surface area contributed by atoms with Crippen molar-refractivity contribution in [2.75, 3.05) is 4.90 Å². The highest BCUT2D eigenvalue weighted by Gasteiger charge is 2.19. The smallest absolute Gasteiger partial charge is 0.143 e. The van der Waals surface area contributed by atoms with Crippen molar-refractivity contribution in [1.29, 1.82) is 0 Å². The summed E-state index contributed by atoms with van der Waals surface area (Å²) in [5, 5.41) is 9.02. The molecule has 0 unspecified atom stereocenters. The van der Waals surface area contributed by atoms with Crippen molar-refractivity contribution >= 4 is 93.7 Å². The molecule has 3 heterocycles. The van der Waals surface area contributed by atoms with Crippen molar-refractivity contribution in [3.05, 3.63) is 212 Å². The van der Waals surface area contributed by atoms with E-state index in [4.69, 9.17) is 13.3 Å². The van der Waals surface area contributed by atoms with E-state index in [-0.39, 0.29) is 0 Å². The van der Waals surface area contributed by atoms with Gasteiger partial charge in [-0.1, -0.05) is 146 Å². The van der Waals surface area contributed by atoms with E-state index in [1.54, 1.807) is 0 Å². The van der Waals surface area contributed by atoms with Crippen LogP contribution in [0.3, 0.4) is 0 Å². The van der Waals surface area contributed by atoms with Crippen LogP contribution >= 0.6 is 0 Å². The van der Waals surface area contributed by atoms with Crippen LogP contribution in [-0.4, -0.2) is 0 Å². The third kappa shape index (κ3) is 5.40. The van der Waals surface area contributed by atoms with Crippen LogP contribution in [0.2, 0.25) is 0 Å². The molecule has 0 radical (unpaired) electrons. The SMILES string of the molecule is c1cc(-c2ccc3oc4c5ccccc5ccc4c3c2)cc(N(c2ccc(-c3cccc4c3oc3ccccc34)cc2)c2ccc(-c3cccc4c3oc3ccccc34)cc2)c1. The second-order valence-electron chi connectivity index (χ2n) is 16.0. The molecule has 13 aromatic rings. The second-order valence-corrected chi connectivity index (χ2v) is 16.0. The van der Waals surface area contributed by atoms with Gasteiger partial charge in [-0.15, -0.1) is 0 Å². The number of benzene rings is 10. The van der Waals surface area contributed by atoms with Gasteiger partial charge in [0.05, 0.1) is 0 Å². The van der Waals surface area contributed by atoms with Crippen LogP contribution in [0.5, 0.6) is 0 Å². The molecule has 0 aliphatic carbocycles. The van der Waals surface area contributed by atoms with E-state index >= 15 is 0 Å². The summed E-state index contributed by atoms with van der Waals surface area (Å²) < 4.78 is 19.4. The lowest BCUT2D eigenvalue weighted by Gasteiger charge is -2.26. The third-order valence-corrected chi connectivity index (χ3v) is 12.5. The molecule has 13 rings (SSSR count). The summed E-state index contributed by atoms with van der Waals surface area (Å²) in [6, 6.07) is 75.0. The largest absolute Gasteiger partial charge is 0.455 e. The van der Waals surface area contributed by atoms with Crippen LogP contribution in [0.25, 0.3) is 110 Å². The molecular weight excluding hydrogens is 759 g/mol. The Morgan fingerprint density at radius 1 is 0.258 bits per heavy atom. The van der Waals surface area contributed by atoms with Crippen LogP contribution in [0.1, 0.15) is 0 Å². The standard InChI is InChI=1S/C58H35NO3/c1-2-13-44-36(10-1)26-32-51-52-35-40(27-33-55(52)62-58(44)51)39-11-7-12-43(34-39)59(41-28-22-37(23-29-41)45-16-8-18-49-47-14-3-5-20-53(47)60-56(45)49)42-30-24-38(25-31-42)46-17-9-19-50-48-15-4-6-21-54(48)61-57(46)50/h1-35H. The quantitative estimate of drug-likeness (QED) is 0.168. The maximum Gasteiger partial charge on any atom is 0.143 e. The predicted molar refractivity (Wildman–Crippen MR) is 257 cm³/mol. The van der Waals surface area contributed by atoms with Crippen LogP contribution in [0.15, 0.2) is 226 Å². The van der Waals surface area contributed by atoms with E-state index in [9.17, 15) is 0 Å². The number of fused-ring (bicyclic) bond motifs is 11. The lowest BCUT2D eigenvalue weighted by molar-refractivity contribution is 0.669. The Labute approximate surface area is 356 Å². The second kappa shape index (κ2) is 13.6. The van der Waals surface area contributed by atoms with Gasteiger partial charge in [0, 0.05) is 65.9 Å². The van der Waals surface area contributed by atoms with Crippen LogP contribution < -0.4 is 4.90 Å². The molecule has 0 spiro atoms.